The van der Waals surface area contributed by atoms with Crippen molar-refractivity contribution < 1.29 is 4.42 Å². The topological polar surface area (TPSA) is 55.3 Å². The van der Waals surface area contributed by atoms with Crippen LogP contribution in [0, 0.1) is 0 Å². The molecule has 2 aromatic rings. The Morgan fingerprint density at radius 3 is 2.79 bits per heavy atom. The lowest BCUT2D eigenvalue weighted by molar-refractivity contribution is 0.398. The highest BCUT2D eigenvalue weighted by molar-refractivity contribution is 5.86. The standard InChI is InChI=1S/C15H21N3O/c1-2-18(11-7-4-3-5-8-11)15-17-14-12(16)9-6-10-13(14)19-15/h6,9-11H,2-5,7-8,16H2,1H3. The Balaban J connectivity index is 1.94. The van der Waals surface area contributed by atoms with Crippen molar-refractivity contribution in [3.63, 3.8) is 0 Å². The zero-order valence-corrected chi connectivity index (χ0v) is 11.4. The predicted octanol–water partition coefficient (Wildman–Crippen LogP) is 3.57. The number of benzene rings is 1. The van der Waals surface area contributed by atoms with Crippen LogP contribution in [0.2, 0.25) is 0 Å². The molecule has 4 heteroatoms. The van der Waals surface area contributed by atoms with E-state index in [1.807, 2.05) is 18.2 Å². The number of nitrogens with two attached hydrogens (primary N) is 1. The van der Waals surface area contributed by atoms with Crippen molar-refractivity contribution in [3.8, 4) is 0 Å². The summed E-state index contributed by atoms with van der Waals surface area (Å²) in [5, 5.41) is 0. The van der Waals surface area contributed by atoms with Gasteiger partial charge in [0.15, 0.2) is 5.58 Å². The molecule has 1 saturated carbocycles. The second-order valence-corrected chi connectivity index (χ2v) is 5.27. The Bertz CT molecular complexity index is 558. The van der Waals surface area contributed by atoms with Gasteiger partial charge in [0.1, 0.15) is 5.52 Å². The third kappa shape index (κ3) is 2.27. The molecule has 0 unspecified atom stereocenters. The molecule has 102 valence electrons. The first-order valence-corrected chi connectivity index (χ1v) is 7.21. The van der Waals surface area contributed by atoms with Gasteiger partial charge in [0.05, 0.1) is 5.69 Å². The van der Waals surface area contributed by atoms with Crippen molar-refractivity contribution >= 4 is 22.8 Å². The van der Waals surface area contributed by atoms with Crippen LogP contribution >= 0.6 is 0 Å². The molecule has 1 aliphatic carbocycles. The van der Waals surface area contributed by atoms with Gasteiger partial charge < -0.3 is 15.1 Å². The minimum Gasteiger partial charge on any atom is -0.423 e. The van der Waals surface area contributed by atoms with E-state index in [-0.39, 0.29) is 0 Å². The third-order valence-corrected chi connectivity index (χ3v) is 4.04. The van der Waals surface area contributed by atoms with E-state index in [1.54, 1.807) is 0 Å². The molecule has 1 heterocycles. The Labute approximate surface area is 113 Å². The quantitative estimate of drug-likeness (QED) is 0.856. The Kier molecular flexibility index (Phi) is 3.32. The largest absolute Gasteiger partial charge is 0.423 e. The summed E-state index contributed by atoms with van der Waals surface area (Å²) in [6.45, 7) is 3.09. The molecule has 0 amide bonds. The number of aromatic nitrogens is 1. The van der Waals surface area contributed by atoms with Gasteiger partial charge in [0.2, 0.25) is 0 Å². The second kappa shape index (κ2) is 5.11. The average molecular weight is 259 g/mol. The molecule has 0 spiro atoms. The molecule has 3 rings (SSSR count). The molecule has 0 atom stereocenters. The van der Waals surface area contributed by atoms with Crippen LogP contribution in [-0.4, -0.2) is 17.6 Å². The summed E-state index contributed by atoms with van der Waals surface area (Å²) >= 11 is 0. The SMILES string of the molecule is CCN(c1nc2c(N)cccc2o1)C1CCCCC1. The third-order valence-electron chi connectivity index (χ3n) is 4.04. The summed E-state index contributed by atoms with van der Waals surface area (Å²) in [6.07, 6.45) is 6.45. The van der Waals surface area contributed by atoms with Crippen molar-refractivity contribution in [2.45, 2.75) is 45.1 Å². The molecule has 1 aromatic carbocycles. The van der Waals surface area contributed by atoms with E-state index >= 15 is 0 Å². The van der Waals surface area contributed by atoms with Crippen molar-refractivity contribution in [1.82, 2.24) is 4.98 Å². The Hall–Kier alpha value is -1.71. The summed E-state index contributed by atoms with van der Waals surface area (Å²) < 4.78 is 5.89. The van der Waals surface area contributed by atoms with E-state index < -0.39 is 0 Å². The maximum atomic E-state index is 5.95. The van der Waals surface area contributed by atoms with E-state index in [0.717, 1.165) is 23.7 Å². The molecule has 0 aliphatic heterocycles. The van der Waals surface area contributed by atoms with Gasteiger partial charge in [-0.25, -0.2) is 0 Å². The van der Waals surface area contributed by atoms with Crippen molar-refractivity contribution in [1.29, 1.82) is 0 Å². The summed E-state index contributed by atoms with van der Waals surface area (Å²) in [6, 6.07) is 6.99. The molecule has 0 bridgehead atoms. The van der Waals surface area contributed by atoms with Gasteiger partial charge in [-0.2, -0.15) is 4.98 Å². The van der Waals surface area contributed by atoms with E-state index in [9.17, 15) is 0 Å². The smallest absolute Gasteiger partial charge is 0.298 e. The van der Waals surface area contributed by atoms with Crippen LogP contribution in [0.5, 0.6) is 0 Å². The number of fused-ring (bicyclic) bond motifs is 1. The van der Waals surface area contributed by atoms with Crippen LogP contribution < -0.4 is 10.6 Å². The van der Waals surface area contributed by atoms with Crippen LogP contribution in [0.4, 0.5) is 11.7 Å². The van der Waals surface area contributed by atoms with Gasteiger partial charge in [0, 0.05) is 12.6 Å². The van der Waals surface area contributed by atoms with E-state index in [1.165, 1.54) is 32.1 Å². The molecule has 0 radical (unpaired) electrons. The first-order chi connectivity index (χ1) is 9.29. The fourth-order valence-electron chi connectivity index (χ4n) is 3.02. The summed E-state index contributed by atoms with van der Waals surface area (Å²) in [4.78, 5) is 6.88. The van der Waals surface area contributed by atoms with Crippen LogP contribution in [0.25, 0.3) is 11.1 Å². The zero-order chi connectivity index (χ0) is 13.2. The van der Waals surface area contributed by atoms with E-state index in [2.05, 4.69) is 16.8 Å². The lowest BCUT2D eigenvalue weighted by Crippen LogP contribution is -2.36. The van der Waals surface area contributed by atoms with Gasteiger partial charge >= 0.3 is 0 Å². The van der Waals surface area contributed by atoms with Crippen LogP contribution in [0.1, 0.15) is 39.0 Å². The van der Waals surface area contributed by atoms with Crippen LogP contribution in [0.3, 0.4) is 0 Å². The number of nitrogen functional groups attached to an aromatic ring is 1. The number of hydrogen-bond donors (Lipinski definition) is 1. The van der Waals surface area contributed by atoms with Crippen LogP contribution in [-0.2, 0) is 0 Å². The second-order valence-electron chi connectivity index (χ2n) is 5.27. The van der Waals surface area contributed by atoms with Gasteiger partial charge in [-0.15, -0.1) is 0 Å². The minimum atomic E-state index is 0.563. The molecule has 19 heavy (non-hydrogen) atoms. The molecular formula is C15H21N3O. The molecular weight excluding hydrogens is 238 g/mol. The maximum Gasteiger partial charge on any atom is 0.298 e. The first kappa shape index (κ1) is 12.3. The Morgan fingerprint density at radius 1 is 1.32 bits per heavy atom. The van der Waals surface area contributed by atoms with Crippen molar-refractivity contribution in [2.75, 3.05) is 17.2 Å². The average Bonchev–Trinajstić information content (AvgIpc) is 2.86. The molecule has 1 aliphatic rings. The zero-order valence-electron chi connectivity index (χ0n) is 11.4. The first-order valence-electron chi connectivity index (χ1n) is 7.21. The fraction of sp³-hybridized carbons (Fsp3) is 0.533. The number of nitrogens with zero attached hydrogens (tertiary/aromatic N) is 2. The highest BCUT2D eigenvalue weighted by Crippen LogP contribution is 2.30. The van der Waals surface area contributed by atoms with Crippen molar-refractivity contribution in [3.05, 3.63) is 18.2 Å². The fourth-order valence-corrected chi connectivity index (χ4v) is 3.02. The number of oxazole rings is 1. The minimum absolute atomic E-state index is 0.563. The lowest BCUT2D eigenvalue weighted by atomic mass is 9.94. The number of para-hydroxylation sites is 1. The molecule has 0 saturated heterocycles. The summed E-state index contributed by atoms with van der Waals surface area (Å²) in [5.41, 5.74) is 8.20. The highest BCUT2D eigenvalue weighted by atomic mass is 16.4. The Morgan fingerprint density at radius 2 is 2.11 bits per heavy atom. The van der Waals surface area contributed by atoms with Gasteiger partial charge in [-0.3, -0.25) is 0 Å². The molecule has 1 aromatic heterocycles. The normalized spacial score (nSPS) is 16.9. The van der Waals surface area contributed by atoms with Gasteiger partial charge in [-0.1, -0.05) is 25.3 Å². The van der Waals surface area contributed by atoms with Gasteiger partial charge in [-0.05, 0) is 31.9 Å². The molecule has 4 nitrogen and oxygen atoms in total. The lowest BCUT2D eigenvalue weighted by Gasteiger charge is -2.32. The van der Waals surface area contributed by atoms with Crippen molar-refractivity contribution in [2.24, 2.45) is 0 Å². The van der Waals surface area contributed by atoms with Crippen LogP contribution in [0.15, 0.2) is 22.6 Å². The molecule has 1 fully saturated rings. The number of hydrogen-bond acceptors (Lipinski definition) is 4. The van der Waals surface area contributed by atoms with Gasteiger partial charge in [0.25, 0.3) is 6.01 Å². The summed E-state index contributed by atoms with van der Waals surface area (Å²) in [5.74, 6) is 0. The number of rotatable bonds is 3. The highest BCUT2D eigenvalue weighted by Gasteiger charge is 2.24. The number of anilines is 2. The van der Waals surface area contributed by atoms with E-state index in [0.29, 0.717) is 11.7 Å². The predicted molar refractivity (Wildman–Crippen MR) is 78.3 cm³/mol. The monoisotopic (exact) mass is 259 g/mol. The molecule has 2 N–H and O–H groups in total. The summed E-state index contributed by atoms with van der Waals surface area (Å²) in [7, 11) is 0. The van der Waals surface area contributed by atoms with E-state index in [4.69, 9.17) is 10.2 Å². The maximum absolute atomic E-state index is 5.95.